The lowest BCUT2D eigenvalue weighted by Gasteiger charge is -2.23. The summed E-state index contributed by atoms with van der Waals surface area (Å²) in [7, 11) is 1.58. The maximum Gasteiger partial charge on any atom is 0.258 e. The number of rotatable bonds is 5. The minimum Gasteiger partial charge on any atom is -0.493 e. The molecule has 2 N–H and O–H groups in total. The van der Waals surface area contributed by atoms with Crippen molar-refractivity contribution in [2.75, 3.05) is 26.8 Å². The van der Waals surface area contributed by atoms with Crippen molar-refractivity contribution in [3.05, 3.63) is 24.3 Å². The topological polar surface area (TPSA) is 59.6 Å². The highest BCUT2D eigenvalue weighted by molar-refractivity contribution is 5.85. The Morgan fingerprint density at radius 1 is 1.40 bits per heavy atom. The Morgan fingerprint density at radius 2 is 2.15 bits per heavy atom. The Labute approximate surface area is 125 Å². The van der Waals surface area contributed by atoms with Crippen molar-refractivity contribution in [3.8, 4) is 11.5 Å². The van der Waals surface area contributed by atoms with Gasteiger partial charge in [-0.25, -0.2) is 0 Å². The third kappa shape index (κ3) is 4.90. The fourth-order valence-corrected chi connectivity index (χ4v) is 2.13. The van der Waals surface area contributed by atoms with Crippen molar-refractivity contribution >= 4 is 18.3 Å². The van der Waals surface area contributed by atoms with E-state index in [0.29, 0.717) is 11.5 Å². The summed E-state index contributed by atoms with van der Waals surface area (Å²) in [4.78, 5) is 11.8. The fraction of sp³-hybridized carbons (Fsp3) is 0.500. The third-order valence-corrected chi connectivity index (χ3v) is 3.09. The van der Waals surface area contributed by atoms with Crippen LogP contribution < -0.4 is 20.1 Å². The Balaban J connectivity index is 0.00000200. The molecule has 2 rings (SSSR count). The molecule has 0 spiro atoms. The summed E-state index contributed by atoms with van der Waals surface area (Å²) in [6, 6.07) is 7.51. The zero-order chi connectivity index (χ0) is 13.5. The van der Waals surface area contributed by atoms with Gasteiger partial charge in [-0.05, 0) is 31.5 Å². The third-order valence-electron chi connectivity index (χ3n) is 3.09. The molecule has 1 aromatic rings. The molecule has 0 saturated carbocycles. The minimum atomic E-state index is -0.0976. The number of methoxy groups -OCH3 is 1. The van der Waals surface area contributed by atoms with Crippen molar-refractivity contribution in [1.82, 2.24) is 10.6 Å². The first-order chi connectivity index (χ1) is 9.29. The van der Waals surface area contributed by atoms with Crippen LogP contribution >= 0.6 is 12.4 Å². The number of hydrogen-bond acceptors (Lipinski definition) is 4. The summed E-state index contributed by atoms with van der Waals surface area (Å²) < 4.78 is 10.6. The average molecular weight is 301 g/mol. The fourth-order valence-electron chi connectivity index (χ4n) is 2.13. The standard InChI is InChI=1S/C14H20N2O3.ClH/c1-18-12-6-2-3-7-13(12)19-10-14(17)16-11-5-4-8-15-9-11;/h2-3,6-7,11,15H,4-5,8-10H2,1H3,(H,16,17);1H/t11-;/m0./s1. The molecule has 0 aromatic heterocycles. The smallest absolute Gasteiger partial charge is 0.258 e. The van der Waals surface area contributed by atoms with Crippen LogP contribution in [0.2, 0.25) is 0 Å². The van der Waals surface area contributed by atoms with E-state index in [-0.39, 0.29) is 31.0 Å². The lowest BCUT2D eigenvalue weighted by molar-refractivity contribution is -0.123. The van der Waals surface area contributed by atoms with Crippen LogP contribution in [0.25, 0.3) is 0 Å². The summed E-state index contributed by atoms with van der Waals surface area (Å²) in [5, 5.41) is 6.22. The van der Waals surface area contributed by atoms with Gasteiger partial charge in [-0.3, -0.25) is 4.79 Å². The van der Waals surface area contributed by atoms with Gasteiger partial charge in [0.05, 0.1) is 7.11 Å². The number of nitrogens with one attached hydrogen (secondary N) is 2. The number of ether oxygens (including phenoxy) is 2. The Bertz CT molecular complexity index is 423. The second-order valence-corrected chi connectivity index (χ2v) is 4.55. The van der Waals surface area contributed by atoms with Crippen LogP contribution in [0.3, 0.4) is 0 Å². The van der Waals surface area contributed by atoms with E-state index < -0.39 is 0 Å². The maximum absolute atomic E-state index is 11.8. The highest BCUT2D eigenvalue weighted by atomic mass is 35.5. The number of carbonyl (C=O) groups is 1. The molecule has 1 aromatic carbocycles. The molecular weight excluding hydrogens is 280 g/mol. The van der Waals surface area contributed by atoms with Crippen LogP contribution in [0.4, 0.5) is 0 Å². The predicted molar refractivity (Wildman–Crippen MR) is 79.8 cm³/mol. The van der Waals surface area contributed by atoms with Gasteiger partial charge in [-0.1, -0.05) is 12.1 Å². The van der Waals surface area contributed by atoms with Crippen LogP contribution in [-0.2, 0) is 4.79 Å². The van der Waals surface area contributed by atoms with Gasteiger partial charge in [0.25, 0.3) is 5.91 Å². The molecule has 1 amide bonds. The number of hydrogen-bond donors (Lipinski definition) is 2. The summed E-state index contributed by atoms with van der Waals surface area (Å²) in [5.74, 6) is 1.12. The Kier molecular flexibility index (Phi) is 7.18. The molecule has 0 bridgehead atoms. The van der Waals surface area contributed by atoms with E-state index in [0.717, 1.165) is 25.9 Å². The van der Waals surface area contributed by atoms with Gasteiger partial charge < -0.3 is 20.1 Å². The molecule has 112 valence electrons. The molecule has 1 atom stereocenters. The number of amides is 1. The summed E-state index contributed by atoms with van der Waals surface area (Å²) in [5.41, 5.74) is 0. The maximum atomic E-state index is 11.8. The van der Waals surface area contributed by atoms with E-state index in [2.05, 4.69) is 10.6 Å². The number of benzene rings is 1. The van der Waals surface area contributed by atoms with E-state index in [1.54, 1.807) is 19.2 Å². The first-order valence-electron chi connectivity index (χ1n) is 6.55. The molecule has 5 nitrogen and oxygen atoms in total. The van der Waals surface area contributed by atoms with Crippen LogP contribution in [0, 0.1) is 0 Å². The largest absolute Gasteiger partial charge is 0.493 e. The number of carbonyl (C=O) groups excluding carboxylic acids is 1. The van der Waals surface area contributed by atoms with E-state index >= 15 is 0 Å². The highest BCUT2D eigenvalue weighted by Gasteiger charge is 2.15. The SMILES string of the molecule is COc1ccccc1OCC(=O)N[C@H]1CCCNC1.Cl. The summed E-state index contributed by atoms with van der Waals surface area (Å²) >= 11 is 0. The normalized spacial score (nSPS) is 17.8. The number of para-hydroxylation sites is 2. The molecule has 6 heteroatoms. The first-order valence-corrected chi connectivity index (χ1v) is 6.55. The molecule has 20 heavy (non-hydrogen) atoms. The molecule has 1 aliphatic rings. The predicted octanol–water partition coefficient (Wildman–Crippen LogP) is 1.36. The highest BCUT2D eigenvalue weighted by Crippen LogP contribution is 2.25. The van der Waals surface area contributed by atoms with Crippen molar-refractivity contribution in [3.63, 3.8) is 0 Å². The first kappa shape index (κ1) is 16.6. The lowest BCUT2D eigenvalue weighted by Crippen LogP contribution is -2.47. The Hall–Kier alpha value is -1.46. The quantitative estimate of drug-likeness (QED) is 0.862. The van der Waals surface area contributed by atoms with Crippen LogP contribution in [-0.4, -0.2) is 38.8 Å². The van der Waals surface area contributed by atoms with Crippen molar-refractivity contribution < 1.29 is 14.3 Å². The van der Waals surface area contributed by atoms with Crippen molar-refractivity contribution in [1.29, 1.82) is 0 Å². The van der Waals surface area contributed by atoms with Gasteiger partial charge in [0.15, 0.2) is 18.1 Å². The van der Waals surface area contributed by atoms with Crippen LogP contribution in [0.5, 0.6) is 11.5 Å². The molecule has 1 aliphatic heterocycles. The van der Waals surface area contributed by atoms with Gasteiger partial charge in [-0.15, -0.1) is 12.4 Å². The zero-order valence-corrected chi connectivity index (χ0v) is 12.4. The van der Waals surface area contributed by atoms with E-state index in [1.165, 1.54) is 0 Å². The zero-order valence-electron chi connectivity index (χ0n) is 11.6. The summed E-state index contributed by atoms with van der Waals surface area (Å²) in [6.07, 6.45) is 2.12. The molecule has 0 aliphatic carbocycles. The van der Waals surface area contributed by atoms with Gasteiger partial charge in [0, 0.05) is 12.6 Å². The lowest BCUT2D eigenvalue weighted by atomic mass is 10.1. The van der Waals surface area contributed by atoms with E-state index in [9.17, 15) is 4.79 Å². The van der Waals surface area contributed by atoms with Gasteiger partial charge >= 0.3 is 0 Å². The number of halogens is 1. The molecule has 1 fully saturated rings. The van der Waals surface area contributed by atoms with Crippen molar-refractivity contribution in [2.24, 2.45) is 0 Å². The minimum absolute atomic E-state index is 0. The average Bonchev–Trinajstić information content (AvgIpc) is 2.46. The van der Waals surface area contributed by atoms with Crippen molar-refractivity contribution in [2.45, 2.75) is 18.9 Å². The van der Waals surface area contributed by atoms with Gasteiger partial charge in [0.1, 0.15) is 0 Å². The Morgan fingerprint density at radius 3 is 2.80 bits per heavy atom. The second-order valence-electron chi connectivity index (χ2n) is 4.55. The van der Waals surface area contributed by atoms with Gasteiger partial charge in [-0.2, -0.15) is 0 Å². The monoisotopic (exact) mass is 300 g/mol. The van der Waals surface area contributed by atoms with Crippen LogP contribution in [0.1, 0.15) is 12.8 Å². The van der Waals surface area contributed by atoms with E-state index in [4.69, 9.17) is 9.47 Å². The molecular formula is C14H21ClN2O3. The van der Waals surface area contributed by atoms with E-state index in [1.807, 2.05) is 12.1 Å². The molecule has 0 unspecified atom stereocenters. The van der Waals surface area contributed by atoms with Crippen LogP contribution in [0.15, 0.2) is 24.3 Å². The summed E-state index contributed by atoms with van der Waals surface area (Å²) in [6.45, 7) is 1.88. The van der Waals surface area contributed by atoms with Gasteiger partial charge in [0.2, 0.25) is 0 Å². The molecule has 1 saturated heterocycles. The molecule has 0 radical (unpaired) electrons. The molecule has 1 heterocycles. The second kappa shape index (κ2) is 8.66. The number of piperidine rings is 1.